The number of nitrogens with one attached hydrogen (secondary N) is 1. The van der Waals surface area contributed by atoms with E-state index in [9.17, 15) is 4.79 Å². The fraction of sp³-hybridized carbons (Fsp3) is 0.444. The van der Waals surface area contributed by atoms with Crippen molar-refractivity contribution in [2.45, 2.75) is 45.2 Å². The van der Waals surface area contributed by atoms with Crippen molar-refractivity contribution in [3.05, 3.63) is 48.2 Å². The molecule has 1 fully saturated rings. The zero-order valence-electron chi connectivity index (χ0n) is 14.3. The topological polar surface area (TPSA) is 40.9 Å². The Morgan fingerprint density at radius 2 is 1.62 bits per heavy atom. The molecule has 1 aliphatic rings. The molecule has 1 saturated carbocycles. The van der Waals surface area contributed by atoms with Crippen molar-refractivity contribution in [2.75, 3.05) is 0 Å². The number of amides is 1. The number of hydrogen-bond donors (Lipinski definition) is 0. The van der Waals surface area contributed by atoms with Crippen LogP contribution >= 0.6 is 0 Å². The van der Waals surface area contributed by atoms with Crippen LogP contribution in [0.4, 0.5) is 0 Å². The van der Waals surface area contributed by atoms with E-state index >= 15 is 0 Å². The standard InChI is InChI=1S/C9H7.C7H13NO.C2H6Si.2ClH.Hf/c1-2-5-9-7-3-6-8(9)4-1;8-7(9)6-4-2-1-3-5-6;1-3-2;;;/h1-7H;6H,1-5H2,(H2,8,9);1-2H3;2*1H;/q-1;;;;;+4/p-3. The van der Waals surface area contributed by atoms with Gasteiger partial charge >= 0.3 is 25.8 Å². The first-order valence-electron chi connectivity index (χ1n) is 7.63. The first-order valence-corrected chi connectivity index (χ1v) is 9.63. The van der Waals surface area contributed by atoms with Gasteiger partial charge in [-0.05, 0) is 12.8 Å². The van der Waals surface area contributed by atoms with Gasteiger partial charge in [-0.25, -0.2) is 0 Å². The van der Waals surface area contributed by atoms with Crippen LogP contribution in [0.15, 0.2) is 42.5 Å². The molecule has 1 amide bonds. The van der Waals surface area contributed by atoms with Gasteiger partial charge in [-0.1, -0.05) is 38.4 Å². The van der Waals surface area contributed by atoms with E-state index in [2.05, 4.69) is 55.6 Å². The molecular weight excluding hydrogens is 524 g/mol. The molecule has 0 unspecified atom stereocenters. The summed E-state index contributed by atoms with van der Waals surface area (Å²) in [6, 6.07) is 14.7. The predicted molar refractivity (Wildman–Crippen MR) is 92.9 cm³/mol. The van der Waals surface area contributed by atoms with Crippen molar-refractivity contribution in [1.82, 2.24) is 0 Å². The van der Waals surface area contributed by atoms with Crippen molar-refractivity contribution in [3.63, 3.8) is 0 Å². The summed E-state index contributed by atoms with van der Waals surface area (Å²) in [5.41, 5.74) is 6.83. The Bertz CT molecular complexity index is 500. The minimum absolute atomic E-state index is 0. The minimum atomic E-state index is -0.352. The molecule has 24 heavy (non-hydrogen) atoms. The average molecular weight is 549 g/mol. The molecule has 2 nitrogen and oxygen atoms in total. The van der Waals surface area contributed by atoms with E-state index in [4.69, 9.17) is 5.73 Å². The summed E-state index contributed by atoms with van der Waals surface area (Å²) in [4.78, 5) is 10.5. The SMILES string of the molecule is C[Si]C.[Cl-].[Cl-].[Hf+4].[NH-]C(=O)C1CCCCC1.c1ccc2[cH-]ccc2c1. The van der Waals surface area contributed by atoms with Gasteiger partial charge in [0.15, 0.2) is 0 Å². The van der Waals surface area contributed by atoms with Gasteiger partial charge in [0.05, 0.1) is 5.91 Å². The van der Waals surface area contributed by atoms with Crippen LogP contribution in [-0.4, -0.2) is 15.4 Å². The van der Waals surface area contributed by atoms with Crippen LogP contribution in [0.3, 0.4) is 0 Å². The van der Waals surface area contributed by atoms with Gasteiger partial charge in [0.25, 0.3) is 0 Å². The van der Waals surface area contributed by atoms with Crippen LogP contribution in [0, 0.1) is 5.92 Å². The quantitative estimate of drug-likeness (QED) is 0.350. The van der Waals surface area contributed by atoms with Gasteiger partial charge in [0.2, 0.25) is 0 Å². The molecule has 2 aromatic carbocycles. The van der Waals surface area contributed by atoms with Gasteiger partial charge in [0.1, 0.15) is 0 Å². The molecule has 2 radical (unpaired) electrons. The van der Waals surface area contributed by atoms with Gasteiger partial charge in [-0.3, -0.25) is 0 Å². The first-order chi connectivity index (χ1) is 10.2. The van der Waals surface area contributed by atoms with E-state index in [0.29, 0.717) is 0 Å². The third-order valence-electron chi connectivity index (χ3n) is 3.52. The van der Waals surface area contributed by atoms with E-state index in [1.54, 1.807) is 0 Å². The summed E-state index contributed by atoms with van der Waals surface area (Å²) in [6.07, 6.45) is 5.47. The molecule has 0 aliphatic heterocycles. The number of halogens is 2. The molecule has 0 bridgehead atoms. The molecule has 0 saturated heterocycles. The maximum absolute atomic E-state index is 10.5. The zero-order chi connectivity index (χ0) is 15.5. The number of carbonyl (C=O) groups excluding carboxylic acids is 1. The Hall–Kier alpha value is -0.0330. The second-order valence-corrected chi connectivity index (χ2v) is 6.35. The fourth-order valence-corrected chi connectivity index (χ4v) is 2.43. The molecule has 130 valence electrons. The van der Waals surface area contributed by atoms with E-state index in [0.717, 1.165) is 35.2 Å². The molecule has 0 atom stereocenters. The number of carbonyl (C=O) groups is 1. The Morgan fingerprint density at radius 3 is 2.08 bits per heavy atom. The smallest absolute Gasteiger partial charge is 1.00 e. The largest absolute Gasteiger partial charge is 4.00 e. The van der Waals surface area contributed by atoms with Gasteiger partial charge in [-0.15, -0.1) is 29.7 Å². The molecule has 1 aliphatic carbocycles. The second-order valence-electron chi connectivity index (χ2n) is 5.35. The van der Waals surface area contributed by atoms with Crippen molar-refractivity contribution < 1.29 is 55.5 Å². The third-order valence-corrected chi connectivity index (χ3v) is 3.52. The van der Waals surface area contributed by atoms with Crippen molar-refractivity contribution in [2.24, 2.45) is 5.92 Å². The Balaban J connectivity index is -0.000000286. The molecule has 6 heteroatoms. The molecule has 1 N–H and O–H groups in total. The van der Waals surface area contributed by atoms with Gasteiger partial charge in [0, 0.05) is 15.4 Å². The summed E-state index contributed by atoms with van der Waals surface area (Å²) >= 11 is 0. The number of hydrogen-bond acceptors (Lipinski definition) is 1. The summed E-state index contributed by atoms with van der Waals surface area (Å²) in [5.74, 6) is -0.270. The fourth-order valence-electron chi connectivity index (χ4n) is 2.43. The summed E-state index contributed by atoms with van der Waals surface area (Å²) in [5, 5.41) is 2.66. The van der Waals surface area contributed by atoms with Crippen LogP contribution in [0.2, 0.25) is 13.1 Å². The Labute approximate surface area is 180 Å². The summed E-state index contributed by atoms with van der Waals surface area (Å²) in [6.45, 7) is 4.31. The molecule has 0 spiro atoms. The van der Waals surface area contributed by atoms with Crippen LogP contribution in [-0.2, 0) is 30.6 Å². The van der Waals surface area contributed by atoms with E-state index in [1.165, 1.54) is 17.2 Å². The monoisotopic (exact) mass is 549 g/mol. The summed E-state index contributed by atoms with van der Waals surface area (Å²) < 4.78 is 0. The van der Waals surface area contributed by atoms with Crippen molar-refractivity contribution in [3.8, 4) is 0 Å². The van der Waals surface area contributed by atoms with E-state index in [-0.39, 0.29) is 62.5 Å². The molecular formula is C18H25Cl2HfNOSi. The van der Waals surface area contributed by atoms with Crippen LogP contribution < -0.4 is 24.8 Å². The number of benzene rings is 1. The average Bonchev–Trinajstić information content (AvgIpc) is 2.98. The normalized spacial score (nSPS) is 12.8. The minimum Gasteiger partial charge on any atom is -1.00 e. The number of fused-ring (bicyclic) bond motifs is 1. The summed E-state index contributed by atoms with van der Waals surface area (Å²) in [7, 11) is 1.08. The van der Waals surface area contributed by atoms with Crippen LogP contribution in [0.5, 0.6) is 0 Å². The van der Waals surface area contributed by atoms with E-state index < -0.39 is 0 Å². The predicted octanol–water partition coefficient (Wildman–Crippen LogP) is -0.503. The zero-order valence-corrected chi connectivity index (χ0v) is 20.4. The maximum Gasteiger partial charge on any atom is 4.00 e. The molecule has 2 aromatic rings. The third kappa shape index (κ3) is 11.5. The van der Waals surface area contributed by atoms with E-state index in [1.807, 2.05) is 0 Å². The second kappa shape index (κ2) is 17.8. The molecule has 3 rings (SSSR count). The maximum atomic E-state index is 10.5. The van der Waals surface area contributed by atoms with Crippen LogP contribution in [0.1, 0.15) is 32.1 Å². The van der Waals surface area contributed by atoms with Crippen LogP contribution in [0.25, 0.3) is 16.5 Å². The van der Waals surface area contributed by atoms with Crippen molar-refractivity contribution >= 4 is 26.2 Å². The number of rotatable bonds is 1. The Kier molecular flexibility index (Phi) is 21.3. The van der Waals surface area contributed by atoms with Gasteiger partial charge in [-0.2, -0.15) is 17.5 Å². The molecule has 0 aromatic heterocycles. The first kappa shape index (κ1) is 28.8. The van der Waals surface area contributed by atoms with Gasteiger partial charge < -0.3 is 35.3 Å². The molecule has 0 heterocycles. The Morgan fingerprint density at radius 1 is 1.08 bits per heavy atom. The van der Waals surface area contributed by atoms with Crippen molar-refractivity contribution in [1.29, 1.82) is 0 Å².